The number of rotatable bonds is 14. The zero-order chi connectivity index (χ0) is 20.1. The highest BCUT2D eigenvalue weighted by Crippen LogP contribution is 2.13. The molecule has 0 saturated carbocycles. The van der Waals surface area contributed by atoms with Gasteiger partial charge in [-0.2, -0.15) is 0 Å². The average molecular weight is 377 g/mol. The van der Waals surface area contributed by atoms with Gasteiger partial charge in [-0.3, -0.25) is 4.79 Å². The summed E-state index contributed by atoms with van der Waals surface area (Å²) in [5.41, 5.74) is -0.417. The molecule has 6 heteroatoms. The minimum Gasteiger partial charge on any atom is -0.478 e. The van der Waals surface area contributed by atoms with Crippen molar-refractivity contribution < 1.29 is 24.6 Å². The van der Waals surface area contributed by atoms with E-state index in [1.165, 1.54) is 51.0 Å². The second-order valence-corrected chi connectivity index (χ2v) is 6.81. The third kappa shape index (κ3) is 8.71. The predicted molar refractivity (Wildman–Crippen MR) is 105 cm³/mol. The maximum absolute atomic E-state index is 12.2. The molecule has 0 atom stereocenters. The Morgan fingerprint density at radius 1 is 0.778 bits per heavy atom. The lowest BCUT2D eigenvalue weighted by Crippen LogP contribution is -2.26. The summed E-state index contributed by atoms with van der Waals surface area (Å²) in [6.07, 6.45) is 11.9. The Hall–Kier alpha value is -2.37. The molecule has 3 N–H and O–H groups in total. The van der Waals surface area contributed by atoms with E-state index < -0.39 is 17.8 Å². The van der Waals surface area contributed by atoms with Crippen LogP contribution in [0.2, 0.25) is 0 Å². The molecule has 0 aliphatic rings. The first-order valence-electron chi connectivity index (χ1n) is 9.86. The van der Waals surface area contributed by atoms with Crippen LogP contribution >= 0.6 is 0 Å². The minimum absolute atomic E-state index is 0.107. The molecule has 0 aromatic heterocycles. The number of nitrogens with one attached hydrogen (secondary N) is 1. The van der Waals surface area contributed by atoms with Crippen LogP contribution in [0.25, 0.3) is 0 Å². The van der Waals surface area contributed by atoms with Gasteiger partial charge in [0.2, 0.25) is 0 Å². The first-order chi connectivity index (χ1) is 13.0. The molecule has 0 unspecified atom stereocenters. The molecule has 0 radical (unpaired) electrons. The van der Waals surface area contributed by atoms with Gasteiger partial charge in [-0.05, 0) is 24.6 Å². The van der Waals surface area contributed by atoms with Gasteiger partial charge in [-0.25, -0.2) is 9.59 Å². The number of amides is 1. The zero-order valence-electron chi connectivity index (χ0n) is 16.1. The van der Waals surface area contributed by atoms with Crippen molar-refractivity contribution in [3.05, 3.63) is 34.9 Å². The largest absolute Gasteiger partial charge is 0.478 e. The van der Waals surface area contributed by atoms with E-state index in [-0.39, 0.29) is 16.7 Å². The van der Waals surface area contributed by atoms with Crippen LogP contribution in [0, 0.1) is 0 Å². The summed E-state index contributed by atoms with van der Waals surface area (Å²) >= 11 is 0. The maximum Gasteiger partial charge on any atom is 0.336 e. The molecule has 1 amide bonds. The van der Waals surface area contributed by atoms with E-state index in [9.17, 15) is 19.5 Å². The standard InChI is InChI=1S/C21H31NO5/c1-2-3-4-5-6-7-8-9-10-11-14-22-19(23)18-15-16(20(24)25)12-13-17(18)21(26)27/h12-13,15H,2-11,14H2,1H3,(H,22,23)(H,24,25)(H,26,27). The van der Waals surface area contributed by atoms with Gasteiger partial charge in [-0.15, -0.1) is 0 Å². The number of hydrogen-bond donors (Lipinski definition) is 3. The molecular formula is C21H31NO5. The molecular weight excluding hydrogens is 346 g/mol. The van der Waals surface area contributed by atoms with Crippen LogP contribution in [0.1, 0.15) is 102 Å². The van der Waals surface area contributed by atoms with Crippen LogP contribution in [-0.2, 0) is 0 Å². The molecule has 0 heterocycles. The van der Waals surface area contributed by atoms with Crippen molar-refractivity contribution in [2.45, 2.75) is 71.1 Å². The number of carboxylic acids is 2. The SMILES string of the molecule is CCCCCCCCCCCCNC(=O)c1cc(C(=O)O)ccc1C(=O)O. The van der Waals surface area contributed by atoms with E-state index in [0.717, 1.165) is 31.4 Å². The lowest BCUT2D eigenvalue weighted by Gasteiger charge is -2.09. The summed E-state index contributed by atoms with van der Waals surface area (Å²) < 4.78 is 0. The van der Waals surface area contributed by atoms with E-state index in [4.69, 9.17) is 5.11 Å². The van der Waals surface area contributed by atoms with Crippen LogP contribution in [0.4, 0.5) is 0 Å². The number of unbranched alkanes of at least 4 members (excludes halogenated alkanes) is 9. The average Bonchev–Trinajstić information content (AvgIpc) is 2.65. The summed E-state index contributed by atoms with van der Waals surface area (Å²) in [6.45, 7) is 2.66. The molecule has 0 aliphatic carbocycles. The molecule has 1 aromatic rings. The number of aromatic carboxylic acids is 2. The van der Waals surface area contributed by atoms with Gasteiger partial charge in [-0.1, -0.05) is 64.7 Å². The first-order valence-corrected chi connectivity index (χ1v) is 9.86. The molecule has 1 rings (SSSR count). The Labute approximate surface area is 161 Å². The first kappa shape index (κ1) is 22.7. The molecule has 0 saturated heterocycles. The molecule has 150 valence electrons. The smallest absolute Gasteiger partial charge is 0.336 e. The third-order valence-corrected chi connectivity index (χ3v) is 4.56. The van der Waals surface area contributed by atoms with Crippen molar-refractivity contribution in [3.8, 4) is 0 Å². The van der Waals surface area contributed by atoms with Gasteiger partial charge >= 0.3 is 11.9 Å². The Balaban J connectivity index is 2.31. The third-order valence-electron chi connectivity index (χ3n) is 4.56. The van der Waals surface area contributed by atoms with Crippen molar-refractivity contribution in [3.63, 3.8) is 0 Å². The zero-order valence-corrected chi connectivity index (χ0v) is 16.1. The summed E-state index contributed by atoms with van der Waals surface area (Å²) in [4.78, 5) is 34.5. The van der Waals surface area contributed by atoms with E-state index in [1.54, 1.807) is 0 Å². The van der Waals surface area contributed by atoms with Crippen molar-refractivity contribution in [2.24, 2.45) is 0 Å². The van der Waals surface area contributed by atoms with Crippen LogP contribution in [-0.4, -0.2) is 34.6 Å². The van der Waals surface area contributed by atoms with Crippen LogP contribution in [0.3, 0.4) is 0 Å². The Morgan fingerprint density at radius 2 is 1.33 bits per heavy atom. The lowest BCUT2D eigenvalue weighted by molar-refractivity contribution is 0.0678. The van der Waals surface area contributed by atoms with Gasteiger partial charge in [0.25, 0.3) is 5.91 Å². The molecule has 6 nitrogen and oxygen atoms in total. The van der Waals surface area contributed by atoms with Gasteiger partial charge in [0, 0.05) is 6.54 Å². The predicted octanol–water partition coefficient (Wildman–Crippen LogP) is 4.73. The molecule has 0 aliphatic heterocycles. The fourth-order valence-electron chi connectivity index (χ4n) is 2.96. The molecule has 0 bridgehead atoms. The fourth-order valence-corrected chi connectivity index (χ4v) is 2.96. The van der Waals surface area contributed by atoms with E-state index in [2.05, 4.69) is 12.2 Å². The molecule has 1 aromatic carbocycles. The lowest BCUT2D eigenvalue weighted by atomic mass is 10.0. The van der Waals surface area contributed by atoms with Gasteiger partial charge in [0.15, 0.2) is 0 Å². The number of benzene rings is 1. The summed E-state index contributed by atoms with van der Waals surface area (Å²) in [5, 5.41) is 20.9. The highest BCUT2D eigenvalue weighted by atomic mass is 16.4. The van der Waals surface area contributed by atoms with Crippen molar-refractivity contribution >= 4 is 17.8 Å². The van der Waals surface area contributed by atoms with Crippen LogP contribution in [0.5, 0.6) is 0 Å². The number of carbonyl (C=O) groups is 3. The van der Waals surface area contributed by atoms with E-state index >= 15 is 0 Å². The monoisotopic (exact) mass is 377 g/mol. The maximum atomic E-state index is 12.2. The van der Waals surface area contributed by atoms with E-state index in [1.807, 2.05) is 0 Å². The topological polar surface area (TPSA) is 104 Å². The van der Waals surface area contributed by atoms with Gasteiger partial charge in [0.05, 0.1) is 16.7 Å². The highest BCUT2D eigenvalue weighted by Gasteiger charge is 2.18. The highest BCUT2D eigenvalue weighted by molar-refractivity contribution is 6.06. The van der Waals surface area contributed by atoms with Crippen molar-refractivity contribution in [1.82, 2.24) is 5.32 Å². The molecule has 0 fully saturated rings. The Kier molecular flexibility index (Phi) is 10.8. The number of hydrogen-bond acceptors (Lipinski definition) is 3. The summed E-state index contributed by atoms with van der Waals surface area (Å²) in [5.74, 6) is -3.00. The molecule has 0 spiro atoms. The molecule has 27 heavy (non-hydrogen) atoms. The van der Waals surface area contributed by atoms with Crippen LogP contribution in [0.15, 0.2) is 18.2 Å². The Bertz CT molecular complexity index is 627. The fraction of sp³-hybridized carbons (Fsp3) is 0.571. The summed E-state index contributed by atoms with van der Waals surface area (Å²) in [7, 11) is 0. The Morgan fingerprint density at radius 3 is 1.85 bits per heavy atom. The second kappa shape index (κ2) is 12.9. The van der Waals surface area contributed by atoms with Crippen molar-refractivity contribution in [2.75, 3.05) is 6.54 Å². The number of carboxylic acid groups (broad SMARTS) is 2. The van der Waals surface area contributed by atoms with Gasteiger partial charge < -0.3 is 15.5 Å². The van der Waals surface area contributed by atoms with Crippen molar-refractivity contribution in [1.29, 1.82) is 0 Å². The van der Waals surface area contributed by atoms with Gasteiger partial charge in [0.1, 0.15) is 0 Å². The number of carbonyl (C=O) groups excluding carboxylic acids is 1. The summed E-state index contributed by atoms with van der Waals surface area (Å²) in [6, 6.07) is 3.45. The van der Waals surface area contributed by atoms with Crippen LogP contribution < -0.4 is 5.32 Å². The normalized spacial score (nSPS) is 10.6. The second-order valence-electron chi connectivity index (χ2n) is 6.81. The quantitative estimate of drug-likeness (QED) is 0.407. The minimum atomic E-state index is -1.25. The van der Waals surface area contributed by atoms with E-state index in [0.29, 0.717) is 6.54 Å².